The van der Waals surface area contributed by atoms with E-state index in [0.29, 0.717) is 32.2 Å². The lowest BCUT2D eigenvalue weighted by Crippen LogP contribution is -2.51. The molecular weight excluding hydrogens is 344 g/mol. The number of amides is 1. The van der Waals surface area contributed by atoms with Gasteiger partial charge in [-0.25, -0.2) is 13.1 Å². The van der Waals surface area contributed by atoms with Gasteiger partial charge in [-0.3, -0.25) is 9.59 Å². The number of nitrogens with one attached hydrogen (secondary N) is 1. The number of nitrogens with zero attached hydrogens (tertiary/aromatic N) is 1. The van der Waals surface area contributed by atoms with Crippen molar-refractivity contribution in [3.8, 4) is 0 Å². The third-order valence-corrected chi connectivity index (χ3v) is 8.03. The fourth-order valence-corrected chi connectivity index (χ4v) is 6.01. The molecule has 0 bridgehead atoms. The molecule has 7 nitrogen and oxygen atoms in total. The first-order chi connectivity index (χ1) is 11.8. The molecule has 1 unspecified atom stereocenters. The van der Waals surface area contributed by atoms with Crippen molar-refractivity contribution in [2.24, 2.45) is 5.41 Å². The lowest BCUT2D eigenvalue weighted by Gasteiger charge is -2.40. The molecule has 1 saturated heterocycles. The van der Waals surface area contributed by atoms with Gasteiger partial charge in [0.25, 0.3) is 0 Å². The maximum Gasteiger partial charge on any atom is 0.310 e. The van der Waals surface area contributed by atoms with Crippen LogP contribution in [0.15, 0.2) is 0 Å². The van der Waals surface area contributed by atoms with Crippen LogP contribution in [0.5, 0.6) is 0 Å². The average molecular weight is 372 g/mol. The van der Waals surface area contributed by atoms with Crippen LogP contribution >= 0.6 is 0 Å². The van der Waals surface area contributed by atoms with Crippen LogP contribution in [0.4, 0.5) is 0 Å². The minimum atomic E-state index is -3.45. The normalized spacial score (nSPS) is 27.0. The van der Waals surface area contributed by atoms with Gasteiger partial charge in [-0.1, -0.05) is 19.3 Å². The topological polar surface area (TPSA) is 104 Å². The maximum absolute atomic E-state index is 12.6. The molecule has 8 heteroatoms. The Labute approximate surface area is 149 Å². The van der Waals surface area contributed by atoms with Gasteiger partial charge in [0.1, 0.15) is 0 Å². The maximum atomic E-state index is 12.6. The molecule has 142 valence electrons. The standard InChI is InChI=1S/C17H28N2O5S/c20-15(11-17(16(21)22)8-4-9-17)19-10-3-7-14(12-19)25(23,24)18-13-5-1-2-6-13/h13-14,18H,1-12H2,(H,21,22). The Morgan fingerprint density at radius 2 is 1.76 bits per heavy atom. The Balaban J connectivity index is 1.60. The summed E-state index contributed by atoms with van der Waals surface area (Å²) in [5.74, 6) is -1.13. The van der Waals surface area contributed by atoms with E-state index in [1.165, 1.54) is 0 Å². The zero-order valence-electron chi connectivity index (χ0n) is 14.6. The number of rotatable bonds is 6. The molecule has 3 fully saturated rings. The lowest BCUT2D eigenvalue weighted by atomic mass is 9.66. The van der Waals surface area contributed by atoms with Gasteiger partial charge in [-0.2, -0.15) is 0 Å². The largest absolute Gasteiger partial charge is 0.481 e. The summed E-state index contributed by atoms with van der Waals surface area (Å²) in [6, 6.07) is 0.0290. The molecule has 0 radical (unpaired) electrons. The molecule has 3 rings (SSSR count). The van der Waals surface area contributed by atoms with Crippen LogP contribution in [-0.4, -0.2) is 54.7 Å². The SMILES string of the molecule is O=C(CC1(C(=O)O)CCC1)N1CCCC(S(=O)(=O)NC2CCCC2)C1. The molecule has 0 spiro atoms. The second-order valence-electron chi connectivity index (χ2n) is 7.86. The zero-order valence-corrected chi connectivity index (χ0v) is 15.4. The summed E-state index contributed by atoms with van der Waals surface area (Å²) in [5, 5.41) is 8.81. The molecule has 0 aromatic heterocycles. The van der Waals surface area contributed by atoms with Crippen molar-refractivity contribution >= 4 is 21.9 Å². The molecule has 2 N–H and O–H groups in total. The minimum absolute atomic E-state index is 0.00878. The molecule has 2 aliphatic carbocycles. The Hall–Kier alpha value is -1.15. The Bertz CT molecular complexity index is 623. The molecule has 0 aromatic rings. The van der Waals surface area contributed by atoms with Gasteiger partial charge >= 0.3 is 5.97 Å². The highest BCUT2D eigenvalue weighted by atomic mass is 32.2. The molecular formula is C17H28N2O5S. The molecule has 1 amide bonds. The van der Waals surface area contributed by atoms with Crippen molar-refractivity contribution in [3.05, 3.63) is 0 Å². The van der Waals surface area contributed by atoms with E-state index in [9.17, 15) is 23.1 Å². The quantitative estimate of drug-likeness (QED) is 0.735. The first kappa shape index (κ1) is 18.6. The molecule has 1 heterocycles. The van der Waals surface area contributed by atoms with E-state index in [-0.39, 0.29) is 24.9 Å². The lowest BCUT2D eigenvalue weighted by molar-refractivity contribution is -0.159. The number of likely N-dealkylation sites (tertiary alicyclic amines) is 1. The number of carbonyl (C=O) groups is 2. The molecule has 2 saturated carbocycles. The van der Waals surface area contributed by atoms with E-state index in [4.69, 9.17) is 0 Å². The summed E-state index contributed by atoms with van der Waals surface area (Å²) in [6.45, 7) is 0.695. The van der Waals surface area contributed by atoms with E-state index < -0.39 is 26.7 Å². The van der Waals surface area contributed by atoms with Gasteiger partial charge in [-0.05, 0) is 38.5 Å². The predicted octanol–water partition coefficient (Wildman–Crippen LogP) is 1.48. The monoisotopic (exact) mass is 372 g/mol. The number of hydrogen-bond acceptors (Lipinski definition) is 4. The van der Waals surface area contributed by atoms with Gasteiger partial charge in [0.15, 0.2) is 0 Å². The smallest absolute Gasteiger partial charge is 0.310 e. The first-order valence-corrected chi connectivity index (χ1v) is 10.9. The van der Waals surface area contributed by atoms with Crippen molar-refractivity contribution < 1.29 is 23.1 Å². The molecule has 25 heavy (non-hydrogen) atoms. The summed E-state index contributed by atoms with van der Waals surface area (Å²) in [7, 11) is -3.45. The molecule has 1 aliphatic heterocycles. The number of piperidine rings is 1. The summed E-state index contributed by atoms with van der Waals surface area (Å²) >= 11 is 0. The van der Waals surface area contributed by atoms with Gasteiger partial charge in [0.05, 0.1) is 10.7 Å². The average Bonchev–Trinajstić information content (AvgIpc) is 3.02. The number of carbonyl (C=O) groups excluding carboxylic acids is 1. The summed E-state index contributed by atoms with van der Waals surface area (Å²) < 4.78 is 28.1. The number of carboxylic acids is 1. The molecule has 3 aliphatic rings. The van der Waals surface area contributed by atoms with Gasteiger partial charge in [0.2, 0.25) is 15.9 Å². The van der Waals surface area contributed by atoms with Crippen molar-refractivity contribution in [1.29, 1.82) is 0 Å². The van der Waals surface area contributed by atoms with Crippen molar-refractivity contribution in [1.82, 2.24) is 9.62 Å². The minimum Gasteiger partial charge on any atom is -0.481 e. The number of hydrogen-bond donors (Lipinski definition) is 2. The number of sulfonamides is 1. The molecule has 1 atom stereocenters. The Kier molecular flexibility index (Phi) is 5.39. The fraction of sp³-hybridized carbons (Fsp3) is 0.882. The van der Waals surface area contributed by atoms with E-state index in [1.54, 1.807) is 4.90 Å². The van der Waals surface area contributed by atoms with Crippen LogP contribution in [-0.2, 0) is 19.6 Å². The highest BCUT2D eigenvalue weighted by molar-refractivity contribution is 7.90. The number of carboxylic acid groups (broad SMARTS) is 1. The summed E-state index contributed by atoms with van der Waals surface area (Å²) in [5.41, 5.74) is -0.926. The van der Waals surface area contributed by atoms with Gasteiger partial charge in [0, 0.05) is 25.6 Å². The van der Waals surface area contributed by atoms with Crippen molar-refractivity contribution in [3.63, 3.8) is 0 Å². The van der Waals surface area contributed by atoms with E-state index in [0.717, 1.165) is 32.1 Å². The summed E-state index contributed by atoms with van der Waals surface area (Å²) in [4.78, 5) is 25.6. The first-order valence-electron chi connectivity index (χ1n) is 9.35. The second-order valence-corrected chi connectivity index (χ2v) is 9.86. The van der Waals surface area contributed by atoms with Crippen LogP contribution in [0.25, 0.3) is 0 Å². The third-order valence-electron chi connectivity index (χ3n) is 6.11. The Morgan fingerprint density at radius 1 is 1.08 bits per heavy atom. The second kappa shape index (κ2) is 7.23. The zero-order chi connectivity index (χ0) is 18.1. The van der Waals surface area contributed by atoms with Crippen LogP contribution in [0.1, 0.15) is 64.2 Å². The molecule has 0 aromatic carbocycles. The van der Waals surface area contributed by atoms with Crippen molar-refractivity contribution in [2.75, 3.05) is 13.1 Å². The number of aliphatic carboxylic acids is 1. The Morgan fingerprint density at radius 3 is 2.32 bits per heavy atom. The van der Waals surface area contributed by atoms with Crippen LogP contribution in [0.3, 0.4) is 0 Å². The predicted molar refractivity (Wildman–Crippen MR) is 92.5 cm³/mol. The van der Waals surface area contributed by atoms with Crippen LogP contribution in [0.2, 0.25) is 0 Å². The van der Waals surface area contributed by atoms with E-state index in [1.807, 2.05) is 0 Å². The van der Waals surface area contributed by atoms with E-state index >= 15 is 0 Å². The fourth-order valence-electron chi connectivity index (χ4n) is 4.26. The summed E-state index contributed by atoms with van der Waals surface area (Å²) in [6.07, 6.45) is 6.97. The van der Waals surface area contributed by atoms with Crippen LogP contribution in [0, 0.1) is 5.41 Å². The highest BCUT2D eigenvalue weighted by Gasteiger charge is 2.47. The van der Waals surface area contributed by atoms with E-state index in [2.05, 4.69) is 4.72 Å². The van der Waals surface area contributed by atoms with Gasteiger partial charge in [-0.15, -0.1) is 0 Å². The van der Waals surface area contributed by atoms with Crippen molar-refractivity contribution in [2.45, 2.75) is 75.5 Å². The highest BCUT2D eigenvalue weighted by Crippen LogP contribution is 2.44. The third kappa shape index (κ3) is 4.00. The van der Waals surface area contributed by atoms with Gasteiger partial charge < -0.3 is 10.0 Å². The van der Waals surface area contributed by atoms with Crippen LogP contribution < -0.4 is 4.72 Å².